The first-order valence-electron chi connectivity index (χ1n) is 11.9. The van der Waals surface area contributed by atoms with Crippen molar-refractivity contribution in [2.45, 2.75) is 50.8 Å². The van der Waals surface area contributed by atoms with Crippen LogP contribution in [0.5, 0.6) is 0 Å². The number of hydrogen-bond donors (Lipinski definition) is 3. The minimum Gasteiger partial charge on any atom is -0.390 e. The number of aliphatic hydroxyl groups is 1. The summed E-state index contributed by atoms with van der Waals surface area (Å²) in [6.07, 6.45) is 6.79. The average Bonchev–Trinajstić information content (AvgIpc) is 3.36. The van der Waals surface area contributed by atoms with E-state index in [0.717, 1.165) is 18.9 Å². The summed E-state index contributed by atoms with van der Waals surface area (Å²) >= 11 is 0. The van der Waals surface area contributed by atoms with Crippen molar-refractivity contribution in [3.05, 3.63) is 60.8 Å². The quantitative estimate of drug-likeness (QED) is 0.218. The van der Waals surface area contributed by atoms with Crippen LogP contribution in [0, 0.1) is 11.9 Å². The molecule has 4 heterocycles. The Morgan fingerprint density at radius 2 is 1.82 bits per heavy atom. The van der Waals surface area contributed by atoms with Gasteiger partial charge in [-0.1, -0.05) is 0 Å². The summed E-state index contributed by atoms with van der Waals surface area (Å²) in [6.45, 7) is -0.966. The molecule has 38 heavy (non-hydrogen) atoms. The maximum Gasteiger partial charge on any atom is 0.333 e. The highest BCUT2D eigenvalue weighted by molar-refractivity contribution is 5.78. The van der Waals surface area contributed by atoms with Crippen molar-refractivity contribution in [3.8, 4) is 22.6 Å². The standard InChI is InChI=1S/C25H24F4N8O/c1-25(38)8-4-14(5-9-25)32-18-12-21(31-13-16(18)17-7-11-37(36-17)24(28)29)34-20-6-10-30-23(35-20)15-2-3-19(26)33-22(15)27/h2-3,6-7,10-14,24,38H,4-5,8-9H2,1H3,(H2,30,31,32,34,35). The highest BCUT2D eigenvalue weighted by Gasteiger charge is 2.29. The van der Waals surface area contributed by atoms with E-state index in [0.29, 0.717) is 46.1 Å². The summed E-state index contributed by atoms with van der Waals surface area (Å²) in [5, 5.41) is 20.7. The Hall–Kier alpha value is -4.13. The minimum atomic E-state index is -2.78. The van der Waals surface area contributed by atoms with Crippen molar-refractivity contribution in [1.29, 1.82) is 0 Å². The van der Waals surface area contributed by atoms with E-state index in [9.17, 15) is 22.7 Å². The average molecular weight is 529 g/mol. The zero-order valence-corrected chi connectivity index (χ0v) is 20.2. The van der Waals surface area contributed by atoms with Crippen LogP contribution in [0.3, 0.4) is 0 Å². The lowest BCUT2D eigenvalue weighted by atomic mass is 9.83. The van der Waals surface area contributed by atoms with Crippen LogP contribution in [-0.4, -0.2) is 46.5 Å². The van der Waals surface area contributed by atoms with Crippen LogP contribution < -0.4 is 10.6 Å². The van der Waals surface area contributed by atoms with E-state index < -0.39 is 24.0 Å². The van der Waals surface area contributed by atoms with E-state index in [1.807, 2.05) is 6.92 Å². The second kappa shape index (κ2) is 10.3. The Morgan fingerprint density at radius 1 is 1.03 bits per heavy atom. The maximum absolute atomic E-state index is 14.1. The van der Waals surface area contributed by atoms with Crippen LogP contribution in [0.1, 0.15) is 39.2 Å². The zero-order chi connectivity index (χ0) is 26.9. The van der Waals surface area contributed by atoms with Crippen LogP contribution in [0.15, 0.2) is 48.9 Å². The molecular formula is C25H24F4N8O. The predicted octanol–water partition coefficient (Wildman–Crippen LogP) is 5.32. The number of alkyl halides is 2. The summed E-state index contributed by atoms with van der Waals surface area (Å²) in [4.78, 5) is 15.9. The third kappa shape index (κ3) is 5.72. The van der Waals surface area contributed by atoms with Crippen molar-refractivity contribution < 1.29 is 22.7 Å². The van der Waals surface area contributed by atoms with Gasteiger partial charge in [0.2, 0.25) is 11.9 Å². The molecule has 9 nitrogen and oxygen atoms in total. The van der Waals surface area contributed by atoms with Gasteiger partial charge in [0.15, 0.2) is 5.82 Å². The fourth-order valence-corrected chi connectivity index (χ4v) is 4.31. The smallest absolute Gasteiger partial charge is 0.333 e. The van der Waals surface area contributed by atoms with Crippen molar-refractivity contribution in [2.24, 2.45) is 0 Å². The van der Waals surface area contributed by atoms with Gasteiger partial charge in [0.1, 0.15) is 11.6 Å². The molecule has 0 amide bonds. The van der Waals surface area contributed by atoms with Gasteiger partial charge in [-0.3, -0.25) is 0 Å². The molecule has 0 aliphatic heterocycles. The van der Waals surface area contributed by atoms with Gasteiger partial charge in [0.25, 0.3) is 0 Å². The molecule has 0 spiro atoms. The minimum absolute atomic E-state index is 0.00163. The lowest BCUT2D eigenvalue weighted by Gasteiger charge is -2.34. The topological polar surface area (TPSA) is 114 Å². The lowest BCUT2D eigenvalue weighted by molar-refractivity contribution is 0.0196. The van der Waals surface area contributed by atoms with E-state index in [1.165, 1.54) is 30.7 Å². The van der Waals surface area contributed by atoms with Crippen molar-refractivity contribution >= 4 is 17.3 Å². The number of aromatic nitrogens is 6. The second-order valence-corrected chi connectivity index (χ2v) is 9.35. The van der Waals surface area contributed by atoms with Crippen LogP contribution in [0.2, 0.25) is 0 Å². The SMILES string of the molecule is CC1(O)CCC(Nc2cc(Nc3ccnc(-c4ccc(F)nc4F)n3)ncc2-c2ccn(C(F)F)n2)CC1. The number of hydrogen-bond acceptors (Lipinski definition) is 8. The fourth-order valence-electron chi connectivity index (χ4n) is 4.31. The Kier molecular flexibility index (Phi) is 6.93. The monoisotopic (exact) mass is 528 g/mol. The van der Waals surface area contributed by atoms with Crippen LogP contribution >= 0.6 is 0 Å². The van der Waals surface area contributed by atoms with E-state index in [4.69, 9.17) is 0 Å². The highest BCUT2D eigenvalue weighted by Crippen LogP contribution is 2.34. The first kappa shape index (κ1) is 25.5. The summed E-state index contributed by atoms with van der Waals surface area (Å²) in [6, 6.07) is 6.99. The Labute approximate surface area is 215 Å². The first-order valence-corrected chi connectivity index (χ1v) is 11.9. The third-order valence-electron chi connectivity index (χ3n) is 6.38. The van der Waals surface area contributed by atoms with Crippen molar-refractivity contribution in [2.75, 3.05) is 10.6 Å². The first-order chi connectivity index (χ1) is 18.2. The molecule has 0 radical (unpaired) electrons. The molecule has 198 valence electrons. The van der Waals surface area contributed by atoms with Crippen LogP contribution in [-0.2, 0) is 0 Å². The number of halogens is 4. The molecule has 1 fully saturated rings. The molecule has 0 bridgehead atoms. The van der Waals surface area contributed by atoms with E-state index in [2.05, 4.69) is 35.7 Å². The summed E-state index contributed by atoms with van der Waals surface area (Å²) in [5.41, 5.74) is 0.667. The van der Waals surface area contributed by atoms with Gasteiger partial charge in [-0.05, 0) is 56.9 Å². The van der Waals surface area contributed by atoms with Crippen molar-refractivity contribution in [1.82, 2.24) is 29.7 Å². The summed E-state index contributed by atoms with van der Waals surface area (Å²) in [7, 11) is 0. The van der Waals surface area contributed by atoms with Gasteiger partial charge < -0.3 is 15.7 Å². The van der Waals surface area contributed by atoms with E-state index in [-0.39, 0.29) is 17.4 Å². The highest BCUT2D eigenvalue weighted by atomic mass is 19.3. The molecule has 4 aromatic rings. The number of pyridine rings is 2. The number of nitrogens with zero attached hydrogens (tertiary/aromatic N) is 6. The molecule has 1 aliphatic rings. The van der Waals surface area contributed by atoms with Gasteiger partial charge >= 0.3 is 6.55 Å². The van der Waals surface area contributed by atoms with Gasteiger partial charge in [0, 0.05) is 41.9 Å². The van der Waals surface area contributed by atoms with Gasteiger partial charge in [-0.25, -0.2) is 19.6 Å². The second-order valence-electron chi connectivity index (χ2n) is 9.35. The molecule has 0 atom stereocenters. The molecule has 0 unspecified atom stereocenters. The molecule has 1 aliphatic carbocycles. The molecule has 0 aromatic carbocycles. The molecule has 4 aromatic heterocycles. The normalized spacial score (nSPS) is 19.5. The molecule has 3 N–H and O–H groups in total. The van der Waals surface area contributed by atoms with E-state index in [1.54, 1.807) is 12.1 Å². The Morgan fingerprint density at radius 3 is 2.53 bits per heavy atom. The number of anilines is 3. The predicted molar refractivity (Wildman–Crippen MR) is 132 cm³/mol. The summed E-state index contributed by atoms with van der Waals surface area (Å²) in [5.74, 6) is -1.33. The summed E-state index contributed by atoms with van der Waals surface area (Å²) < 4.78 is 54.1. The van der Waals surface area contributed by atoms with Gasteiger partial charge in [-0.15, -0.1) is 0 Å². The van der Waals surface area contributed by atoms with Crippen molar-refractivity contribution in [3.63, 3.8) is 0 Å². The molecule has 13 heteroatoms. The van der Waals surface area contributed by atoms with Gasteiger partial charge in [-0.2, -0.15) is 27.6 Å². The van der Waals surface area contributed by atoms with Crippen LogP contribution in [0.25, 0.3) is 22.6 Å². The zero-order valence-electron chi connectivity index (χ0n) is 20.2. The Balaban J connectivity index is 1.44. The van der Waals surface area contributed by atoms with E-state index >= 15 is 0 Å². The largest absolute Gasteiger partial charge is 0.390 e. The molecule has 1 saturated carbocycles. The fraction of sp³-hybridized carbons (Fsp3) is 0.320. The molecule has 5 rings (SSSR count). The molecule has 0 saturated heterocycles. The van der Waals surface area contributed by atoms with Gasteiger partial charge in [0.05, 0.1) is 16.9 Å². The number of rotatable bonds is 7. The molecular weight excluding hydrogens is 504 g/mol. The third-order valence-corrected chi connectivity index (χ3v) is 6.38. The number of nitrogens with one attached hydrogen (secondary N) is 2. The lowest BCUT2D eigenvalue weighted by Crippen LogP contribution is -2.35. The Bertz CT molecular complexity index is 1430. The van der Waals surface area contributed by atoms with Crippen LogP contribution in [0.4, 0.5) is 34.9 Å². The maximum atomic E-state index is 14.1.